The molecule has 0 heterocycles. The molecule has 0 spiro atoms. The number of allylic oxidation sites excluding steroid dienone is 1. The summed E-state index contributed by atoms with van der Waals surface area (Å²) in [6, 6.07) is 18.9. The number of carbonyl (C=O) groups is 2. The normalized spacial score (nSPS) is 11.4. The smallest absolute Gasteiger partial charge is 0.333 e. The van der Waals surface area contributed by atoms with E-state index in [4.69, 9.17) is 14.6 Å². The molecule has 2 aromatic rings. The van der Waals surface area contributed by atoms with Crippen LogP contribution in [0, 0.1) is 0 Å². The Balaban J connectivity index is 0.000000271. The molecule has 1 unspecified atom stereocenters. The molecule has 0 saturated heterocycles. The largest absolute Gasteiger partial charge is 0.478 e. The number of rotatable bonds is 7. The first-order chi connectivity index (χ1) is 12.9. The molecule has 0 aromatic heterocycles. The molecule has 2 rings (SSSR count). The van der Waals surface area contributed by atoms with E-state index in [1.165, 1.54) is 0 Å². The van der Waals surface area contributed by atoms with Gasteiger partial charge in [0.2, 0.25) is 6.29 Å². The van der Waals surface area contributed by atoms with Gasteiger partial charge in [0.25, 0.3) is 0 Å². The topological polar surface area (TPSA) is 72.8 Å². The SMILES string of the molecule is C=CC(=O)OC(C)Oc1ccccc1.CC(=CCc1ccccc1)C(=O)O. The molecule has 0 aliphatic heterocycles. The van der Waals surface area contributed by atoms with Crippen LogP contribution in [0.2, 0.25) is 0 Å². The van der Waals surface area contributed by atoms with Crippen molar-refractivity contribution in [1.82, 2.24) is 0 Å². The number of ether oxygens (including phenoxy) is 2. The molecular weight excluding hydrogens is 344 g/mol. The van der Waals surface area contributed by atoms with E-state index < -0.39 is 18.2 Å². The molecule has 0 saturated carbocycles. The van der Waals surface area contributed by atoms with E-state index in [2.05, 4.69) is 6.58 Å². The summed E-state index contributed by atoms with van der Waals surface area (Å²) in [5, 5.41) is 8.59. The maximum absolute atomic E-state index is 10.8. The van der Waals surface area contributed by atoms with Gasteiger partial charge in [-0.1, -0.05) is 61.2 Å². The van der Waals surface area contributed by atoms with Crippen LogP contribution in [-0.4, -0.2) is 23.3 Å². The number of carbonyl (C=O) groups excluding carboxylic acids is 1. The fourth-order valence-corrected chi connectivity index (χ4v) is 1.90. The first kappa shape index (κ1) is 21.7. The van der Waals surface area contributed by atoms with Crippen molar-refractivity contribution >= 4 is 11.9 Å². The van der Waals surface area contributed by atoms with E-state index in [9.17, 15) is 9.59 Å². The molecule has 5 heteroatoms. The van der Waals surface area contributed by atoms with Gasteiger partial charge in [-0.05, 0) is 31.0 Å². The molecule has 5 nitrogen and oxygen atoms in total. The highest BCUT2D eigenvalue weighted by molar-refractivity contribution is 5.85. The fourth-order valence-electron chi connectivity index (χ4n) is 1.90. The van der Waals surface area contributed by atoms with E-state index in [-0.39, 0.29) is 0 Å². The Morgan fingerprint density at radius 3 is 2.15 bits per heavy atom. The summed E-state index contributed by atoms with van der Waals surface area (Å²) in [5.41, 5.74) is 1.52. The predicted octanol–water partition coefficient (Wildman–Crippen LogP) is 4.40. The maximum Gasteiger partial charge on any atom is 0.333 e. The van der Waals surface area contributed by atoms with Crippen LogP contribution >= 0.6 is 0 Å². The Labute approximate surface area is 159 Å². The minimum absolute atomic E-state index is 0.392. The number of hydrogen-bond acceptors (Lipinski definition) is 4. The summed E-state index contributed by atoms with van der Waals surface area (Å²) in [6.07, 6.45) is 2.89. The maximum atomic E-state index is 10.8. The fraction of sp³-hybridized carbons (Fsp3) is 0.182. The number of esters is 1. The van der Waals surface area contributed by atoms with Gasteiger partial charge in [0, 0.05) is 18.6 Å². The number of carboxylic acid groups (broad SMARTS) is 1. The Morgan fingerprint density at radius 1 is 1.07 bits per heavy atom. The second-order valence-corrected chi connectivity index (χ2v) is 5.52. The van der Waals surface area contributed by atoms with Gasteiger partial charge >= 0.3 is 11.9 Å². The summed E-state index contributed by atoms with van der Waals surface area (Å²) >= 11 is 0. The van der Waals surface area contributed by atoms with Crippen molar-refractivity contribution in [1.29, 1.82) is 0 Å². The minimum Gasteiger partial charge on any atom is -0.478 e. The van der Waals surface area contributed by atoms with Gasteiger partial charge in [0.05, 0.1) is 0 Å². The van der Waals surface area contributed by atoms with E-state index in [0.717, 1.165) is 11.6 Å². The second kappa shape index (κ2) is 12.1. The van der Waals surface area contributed by atoms with Crippen molar-refractivity contribution in [2.24, 2.45) is 0 Å². The molecule has 1 N–H and O–H groups in total. The molecule has 0 fully saturated rings. The van der Waals surface area contributed by atoms with Crippen LogP contribution < -0.4 is 4.74 Å². The molecule has 2 aromatic carbocycles. The van der Waals surface area contributed by atoms with Crippen molar-refractivity contribution in [3.8, 4) is 5.75 Å². The van der Waals surface area contributed by atoms with Gasteiger partial charge < -0.3 is 14.6 Å². The van der Waals surface area contributed by atoms with Crippen molar-refractivity contribution in [3.05, 3.63) is 90.5 Å². The van der Waals surface area contributed by atoms with Crippen LogP contribution in [0.25, 0.3) is 0 Å². The molecule has 0 amide bonds. The van der Waals surface area contributed by atoms with Crippen molar-refractivity contribution in [2.75, 3.05) is 0 Å². The van der Waals surface area contributed by atoms with Crippen LogP contribution in [0.5, 0.6) is 5.75 Å². The molecule has 0 aliphatic carbocycles. The van der Waals surface area contributed by atoms with Crippen molar-refractivity contribution in [3.63, 3.8) is 0 Å². The Morgan fingerprint density at radius 2 is 1.63 bits per heavy atom. The number of hydrogen-bond donors (Lipinski definition) is 1. The average molecular weight is 368 g/mol. The van der Waals surface area contributed by atoms with Crippen LogP contribution in [0.4, 0.5) is 0 Å². The quantitative estimate of drug-likeness (QED) is 0.445. The van der Waals surface area contributed by atoms with Gasteiger partial charge in [0.1, 0.15) is 5.75 Å². The monoisotopic (exact) mass is 368 g/mol. The summed E-state index contributed by atoms with van der Waals surface area (Å²) in [4.78, 5) is 21.2. The zero-order chi connectivity index (χ0) is 20.1. The minimum atomic E-state index is -0.851. The molecule has 27 heavy (non-hydrogen) atoms. The molecular formula is C22H24O5. The molecule has 0 radical (unpaired) electrons. The zero-order valence-corrected chi connectivity index (χ0v) is 15.5. The van der Waals surface area contributed by atoms with Gasteiger partial charge in [0.15, 0.2) is 0 Å². The molecule has 0 aliphatic rings. The number of para-hydroxylation sites is 1. The van der Waals surface area contributed by atoms with Gasteiger partial charge in [-0.3, -0.25) is 0 Å². The second-order valence-electron chi connectivity index (χ2n) is 5.52. The summed E-state index contributed by atoms with van der Waals surface area (Å²) in [7, 11) is 0. The van der Waals surface area contributed by atoms with Crippen LogP contribution in [0.3, 0.4) is 0 Å². The first-order valence-corrected chi connectivity index (χ1v) is 8.41. The molecule has 142 valence electrons. The standard InChI is InChI=1S/C11H12O3.C11H12O2/c1-3-11(12)14-9(2)13-10-7-5-4-6-8-10;1-9(11(12)13)7-8-10-5-3-2-4-6-10/h3-9H,1H2,2H3;2-7H,8H2,1H3,(H,12,13). The summed E-state index contributed by atoms with van der Waals surface area (Å²) < 4.78 is 10.1. The summed E-state index contributed by atoms with van der Waals surface area (Å²) in [6.45, 7) is 6.54. The number of benzene rings is 2. The molecule has 0 bridgehead atoms. The van der Waals surface area contributed by atoms with Crippen LogP contribution in [0.1, 0.15) is 19.4 Å². The Kier molecular flexibility index (Phi) is 9.71. The summed E-state index contributed by atoms with van der Waals surface area (Å²) in [5.74, 6) is -0.679. The van der Waals surface area contributed by atoms with Crippen LogP contribution in [-0.2, 0) is 20.7 Å². The lowest BCUT2D eigenvalue weighted by molar-refractivity contribution is -0.155. The zero-order valence-electron chi connectivity index (χ0n) is 15.5. The lowest BCUT2D eigenvalue weighted by Crippen LogP contribution is -2.19. The highest BCUT2D eigenvalue weighted by atomic mass is 16.7. The highest BCUT2D eigenvalue weighted by Crippen LogP contribution is 2.11. The van der Waals surface area contributed by atoms with E-state index in [0.29, 0.717) is 17.7 Å². The third-order valence-electron chi connectivity index (χ3n) is 3.32. The van der Waals surface area contributed by atoms with Crippen molar-refractivity contribution < 1.29 is 24.2 Å². The van der Waals surface area contributed by atoms with Crippen molar-refractivity contribution in [2.45, 2.75) is 26.6 Å². The van der Waals surface area contributed by atoms with Gasteiger partial charge in [-0.25, -0.2) is 9.59 Å². The Bertz CT molecular complexity index is 751. The molecule has 1 atom stereocenters. The lowest BCUT2D eigenvalue weighted by atomic mass is 10.1. The predicted molar refractivity (Wildman–Crippen MR) is 104 cm³/mol. The van der Waals surface area contributed by atoms with E-state index >= 15 is 0 Å². The third-order valence-corrected chi connectivity index (χ3v) is 3.32. The van der Waals surface area contributed by atoms with Gasteiger partial charge in [-0.2, -0.15) is 0 Å². The van der Waals surface area contributed by atoms with E-state index in [1.807, 2.05) is 48.5 Å². The van der Waals surface area contributed by atoms with Crippen LogP contribution in [0.15, 0.2) is 85.0 Å². The highest BCUT2D eigenvalue weighted by Gasteiger charge is 2.06. The van der Waals surface area contributed by atoms with Gasteiger partial charge in [-0.15, -0.1) is 0 Å². The number of aliphatic carboxylic acids is 1. The first-order valence-electron chi connectivity index (χ1n) is 8.41. The Hall–Kier alpha value is -3.34. The number of carboxylic acids is 1. The lowest BCUT2D eigenvalue weighted by Gasteiger charge is -2.13. The average Bonchev–Trinajstić information content (AvgIpc) is 2.67. The van der Waals surface area contributed by atoms with E-state index in [1.54, 1.807) is 32.1 Å². The third kappa shape index (κ3) is 9.65.